The summed E-state index contributed by atoms with van der Waals surface area (Å²) in [5.74, 6) is 2.69. The molecule has 3 aliphatic heterocycles. The molecule has 0 unspecified atom stereocenters. The molecule has 0 fully saturated rings. The van der Waals surface area contributed by atoms with E-state index in [1.807, 2.05) is 23.1 Å². The van der Waals surface area contributed by atoms with E-state index < -0.39 is 0 Å². The highest BCUT2D eigenvalue weighted by Gasteiger charge is 2.27. The van der Waals surface area contributed by atoms with Crippen molar-refractivity contribution in [3.63, 3.8) is 0 Å². The Morgan fingerprint density at radius 2 is 1.75 bits per heavy atom. The largest absolute Gasteiger partial charge is 0.493 e. The van der Waals surface area contributed by atoms with E-state index in [0.717, 1.165) is 30.5 Å². The van der Waals surface area contributed by atoms with Gasteiger partial charge in [-0.1, -0.05) is 6.08 Å². The van der Waals surface area contributed by atoms with Gasteiger partial charge in [-0.15, -0.1) is 0 Å². The van der Waals surface area contributed by atoms with Crippen LogP contribution >= 0.6 is 0 Å². The molecule has 0 aromatic heterocycles. The maximum Gasteiger partial charge on any atom is 0.251 e. The fourth-order valence-electron chi connectivity index (χ4n) is 4.87. The third kappa shape index (κ3) is 5.11. The first-order chi connectivity index (χ1) is 17.5. The second-order valence-corrected chi connectivity index (χ2v) is 9.11. The fraction of sp³-hybridized carbons (Fsp3) is 0.407. The van der Waals surface area contributed by atoms with Crippen molar-refractivity contribution in [2.24, 2.45) is 0 Å². The molecule has 2 aromatic carbocycles. The highest BCUT2D eigenvalue weighted by atomic mass is 16.7. The number of nitrogens with zero attached hydrogens (tertiary/aromatic N) is 2. The topological polar surface area (TPSA) is 89.6 Å². The van der Waals surface area contributed by atoms with Gasteiger partial charge in [0.15, 0.2) is 23.0 Å². The van der Waals surface area contributed by atoms with Crippen LogP contribution in [0.4, 0.5) is 5.69 Å². The second-order valence-electron chi connectivity index (χ2n) is 9.11. The summed E-state index contributed by atoms with van der Waals surface area (Å²) >= 11 is 0. The number of ether oxygens (including phenoxy) is 4. The molecular weight excluding hydrogens is 462 g/mol. The fourth-order valence-corrected chi connectivity index (χ4v) is 4.87. The van der Waals surface area contributed by atoms with E-state index in [-0.39, 0.29) is 18.6 Å². The van der Waals surface area contributed by atoms with Gasteiger partial charge in [-0.25, -0.2) is 0 Å². The molecule has 9 heteroatoms. The zero-order valence-electron chi connectivity index (χ0n) is 20.7. The molecule has 3 heterocycles. The molecule has 0 saturated carbocycles. The van der Waals surface area contributed by atoms with E-state index in [1.165, 1.54) is 5.56 Å². The molecule has 9 nitrogen and oxygen atoms in total. The molecule has 2 aromatic rings. The molecule has 36 heavy (non-hydrogen) atoms. The summed E-state index contributed by atoms with van der Waals surface area (Å²) in [6.07, 6.45) is 3.95. The van der Waals surface area contributed by atoms with Crippen molar-refractivity contribution >= 4 is 17.5 Å². The monoisotopic (exact) mass is 493 g/mol. The molecular formula is C27H31N3O6. The van der Waals surface area contributed by atoms with Crippen LogP contribution in [0.3, 0.4) is 0 Å². The van der Waals surface area contributed by atoms with Crippen molar-refractivity contribution in [3.05, 3.63) is 53.1 Å². The molecule has 5 rings (SSSR count). The van der Waals surface area contributed by atoms with Crippen LogP contribution < -0.4 is 24.3 Å². The first kappa shape index (κ1) is 24.0. The van der Waals surface area contributed by atoms with Crippen molar-refractivity contribution < 1.29 is 28.5 Å². The summed E-state index contributed by atoms with van der Waals surface area (Å²) in [4.78, 5) is 29.9. The predicted molar refractivity (Wildman–Crippen MR) is 134 cm³/mol. The zero-order chi connectivity index (χ0) is 25.1. The minimum absolute atomic E-state index is 0.0601. The first-order valence-electron chi connectivity index (χ1n) is 12.2. The molecule has 0 radical (unpaired) electrons. The van der Waals surface area contributed by atoms with Gasteiger partial charge >= 0.3 is 0 Å². The number of hydrogen-bond acceptors (Lipinski definition) is 7. The quantitative estimate of drug-likeness (QED) is 0.634. The van der Waals surface area contributed by atoms with Crippen LogP contribution in [-0.2, 0) is 22.6 Å². The second kappa shape index (κ2) is 10.5. The van der Waals surface area contributed by atoms with Gasteiger partial charge in [0.05, 0.1) is 14.2 Å². The lowest BCUT2D eigenvalue weighted by Crippen LogP contribution is -2.41. The molecule has 0 saturated heterocycles. The van der Waals surface area contributed by atoms with Crippen LogP contribution in [0.5, 0.6) is 23.0 Å². The zero-order valence-corrected chi connectivity index (χ0v) is 20.7. The molecule has 0 aliphatic carbocycles. The van der Waals surface area contributed by atoms with Gasteiger partial charge in [-0.3, -0.25) is 14.5 Å². The Labute approximate surface area is 210 Å². The van der Waals surface area contributed by atoms with E-state index in [9.17, 15) is 9.59 Å². The van der Waals surface area contributed by atoms with Crippen LogP contribution in [0.2, 0.25) is 0 Å². The predicted octanol–water partition coefficient (Wildman–Crippen LogP) is 2.98. The standard InChI is InChI=1S/C27H31N3O6/c1-33-23-12-18-7-11-30(16-20(18)13-24(23)34-2)27(32)19-4-3-9-29(15-19)10-8-26(31)28-21-5-6-22-25(14-21)36-17-35-22/h4-6,12-14H,3,7-11,15-17H2,1-2H3,(H,28,31). The van der Waals surface area contributed by atoms with Gasteiger partial charge in [-0.05, 0) is 48.2 Å². The summed E-state index contributed by atoms with van der Waals surface area (Å²) in [5.41, 5.74) is 3.74. The number of rotatable bonds is 7. The maximum absolute atomic E-state index is 13.3. The minimum atomic E-state index is -0.0756. The van der Waals surface area contributed by atoms with E-state index in [0.29, 0.717) is 61.3 Å². The number of hydrogen-bond donors (Lipinski definition) is 1. The molecule has 0 spiro atoms. The number of methoxy groups -OCH3 is 2. The summed E-state index contributed by atoms with van der Waals surface area (Å²) in [6.45, 7) is 3.36. The summed E-state index contributed by atoms with van der Waals surface area (Å²) in [6, 6.07) is 9.33. The van der Waals surface area contributed by atoms with Gasteiger partial charge in [-0.2, -0.15) is 0 Å². The van der Waals surface area contributed by atoms with Crippen molar-refractivity contribution in [2.45, 2.75) is 25.8 Å². The van der Waals surface area contributed by atoms with Crippen molar-refractivity contribution in [1.82, 2.24) is 9.80 Å². The van der Waals surface area contributed by atoms with Gasteiger partial charge in [0.2, 0.25) is 12.7 Å². The van der Waals surface area contributed by atoms with Crippen molar-refractivity contribution in [3.8, 4) is 23.0 Å². The summed E-state index contributed by atoms with van der Waals surface area (Å²) in [5, 5.41) is 2.91. The summed E-state index contributed by atoms with van der Waals surface area (Å²) < 4.78 is 21.5. The Bertz CT molecular complexity index is 1190. The van der Waals surface area contributed by atoms with E-state index in [2.05, 4.69) is 10.2 Å². The third-order valence-corrected chi connectivity index (χ3v) is 6.82. The average molecular weight is 494 g/mol. The van der Waals surface area contributed by atoms with E-state index in [4.69, 9.17) is 18.9 Å². The Kier molecular flexibility index (Phi) is 6.99. The molecule has 0 atom stereocenters. The Hall–Kier alpha value is -3.72. The smallest absolute Gasteiger partial charge is 0.251 e. The van der Waals surface area contributed by atoms with Crippen molar-refractivity contribution in [2.75, 3.05) is 52.5 Å². The summed E-state index contributed by atoms with van der Waals surface area (Å²) in [7, 11) is 3.25. The maximum atomic E-state index is 13.3. The van der Waals surface area contributed by atoms with E-state index in [1.54, 1.807) is 32.4 Å². The highest BCUT2D eigenvalue weighted by molar-refractivity contribution is 5.94. The lowest BCUT2D eigenvalue weighted by atomic mass is 9.97. The minimum Gasteiger partial charge on any atom is -0.493 e. The first-order valence-corrected chi connectivity index (χ1v) is 12.2. The Morgan fingerprint density at radius 1 is 0.972 bits per heavy atom. The highest BCUT2D eigenvalue weighted by Crippen LogP contribution is 2.35. The third-order valence-electron chi connectivity index (χ3n) is 6.82. The normalized spacial score (nSPS) is 16.7. The lowest BCUT2D eigenvalue weighted by molar-refractivity contribution is -0.128. The number of anilines is 1. The Morgan fingerprint density at radius 3 is 2.56 bits per heavy atom. The number of carbonyl (C=O) groups is 2. The number of fused-ring (bicyclic) bond motifs is 2. The molecule has 1 N–H and O–H groups in total. The molecule has 190 valence electrons. The lowest BCUT2D eigenvalue weighted by Gasteiger charge is -2.33. The van der Waals surface area contributed by atoms with E-state index >= 15 is 0 Å². The SMILES string of the molecule is COc1cc2c(cc1OC)CN(C(=O)C1=CCCN(CCC(=O)Nc3ccc4c(c3)OCO4)C1)CC2. The number of carbonyl (C=O) groups excluding carboxylic acids is 2. The van der Waals surface area contributed by atoms with Crippen LogP contribution in [0.15, 0.2) is 42.0 Å². The van der Waals surface area contributed by atoms with Crippen LogP contribution in [0.1, 0.15) is 24.0 Å². The van der Waals surface area contributed by atoms with Gasteiger partial charge in [0.25, 0.3) is 5.91 Å². The number of amides is 2. The van der Waals surface area contributed by atoms with Crippen LogP contribution in [0, 0.1) is 0 Å². The number of benzene rings is 2. The Balaban J connectivity index is 1.14. The number of nitrogens with one attached hydrogen (secondary N) is 1. The van der Waals surface area contributed by atoms with Crippen molar-refractivity contribution in [1.29, 1.82) is 0 Å². The molecule has 0 bridgehead atoms. The van der Waals surface area contributed by atoms with Gasteiger partial charge in [0.1, 0.15) is 0 Å². The average Bonchev–Trinajstić information content (AvgIpc) is 3.38. The van der Waals surface area contributed by atoms with Gasteiger partial charge < -0.3 is 29.2 Å². The molecule has 3 aliphatic rings. The van der Waals surface area contributed by atoms with Crippen LogP contribution in [0.25, 0.3) is 0 Å². The molecule has 2 amide bonds. The van der Waals surface area contributed by atoms with Crippen LogP contribution in [-0.4, -0.2) is 68.8 Å². The van der Waals surface area contributed by atoms with Gasteiger partial charge in [0, 0.05) is 56.5 Å².